The van der Waals surface area contributed by atoms with Crippen LogP contribution in [0.2, 0.25) is 0 Å². The number of benzene rings is 1. The van der Waals surface area contributed by atoms with Gasteiger partial charge in [-0.05, 0) is 24.0 Å². The van der Waals surface area contributed by atoms with Gasteiger partial charge in [0.2, 0.25) is 5.91 Å². The van der Waals surface area contributed by atoms with Crippen LogP contribution >= 0.6 is 11.3 Å². The average Bonchev–Trinajstić information content (AvgIpc) is 3.32. The number of hydrogen-bond acceptors (Lipinski definition) is 6. The van der Waals surface area contributed by atoms with Gasteiger partial charge in [0.25, 0.3) is 5.56 Å². The van der Waals surface area contributed by atoms with Crippen LogP contribution in [0, 0.1) is 5.92 Å². The van der Waals surface area contributed by atoms with E-state index in [0.717, 1.165) is 10.4 Å². The molecule has 3 heterocycles. The van der Waals surface area contributed by atoms with Gasteiger partial charge in [0.05, 0.1) is 23.3 Å². The Kier molecular flexibility index (Phi) is 5.98. The van der Waals surface area contributed by atoms with E-state index in [0.29, 0.717) is 23.2 Å². The molecule has 1 atom stereocenters. The Morgan fingerprint density at radius 2 is 2.03 bits per heavy atom. The van der Waals surface area contributed by atoms with Gasteiger partial charge in [-0.1, -0.05) is 44.2 Å². The number of nitrogens with zero attached hydrogens (tertiary/aromatic N) is 3. The van der Waals surface area contributed by atoms with Gasteiger partial charge >= 0.3 is 0 Å². The molecule has 31 heavy (non-hydrogen) atoms. The van der Waals surface area contributed by atoms with E-state index in [-0.39, 0.29) is 41.5 Å². The summed E-state index contributed by atoms with van der Waals surface area (Å²) in [5.41, 5.74) is 1.37. The second-order valence-electron chi connectivity index (χ2n) is 8.37. The number of hydrogen-bond donors (Lipinski definition) is 0. The lowest BCUT2D eigenvalue weighted by Gasteiger charge is -2.30. The molecule has 3 aromatic rings. The molecule has 7 nitrogen and oxygen atoms in total. The zero-order chi connectivity index (χ0) is 22.2. The molecule has 0 spiro atoms. The number of fused-ring (bicyclic) bond motifs is 1. The van der Waals surface area contributed by atoms with Crippen molar-refractivity contribution in [3.8, 4) is 10.4 Å². The molecule has 0 N–H and O–H groups in total. The Hall–Kier alpha value is -2.52. The first-order valence-electron chi connectivity index (χ1n) is 10.3. The maximum atomic E-state index is 13.1. The van der Waals surface area contributed by atoms with E-state index in [4.69, 9.17) is 0 Å². The highest BCUT2D eigenvalue weighted by Crippen LogP contribution is 2.30. The molecular formula is C22H25N3O4S2. The Balaban J connectivity index is 1.61. The largest absolute Gasteiger partial charge is 0.337 e. The molecule has 1 aliphatic rings. The third-order valence-electron chi connectivity index (χ3n) is 5.40. The topological polar surface area (TPSA) is 89.3 Å². The number of aromatic nitrogens is 2. The molecule has 1 unspecified atom stereocenters. The van der Waals surface area contributed by atoms with E-state index in [2.05, 4.69) is 4.98 Å². The number of carbonyl (C=O) groups is 1. The number of sulfone groups is 1. The summed E-state index contributed by atoms with van der Waals surface area (Å²) >= 11 is 1.36. The summed E-state index contributed by atoms with van der Waals surface area (Å²) in [6, 6.07) is 11.3. The molecule has 164 valence electrons. The number of carbonyl (C=O) groups excluding carboxylic acids is 1. The molecular weight excluding hydrogens is 434 g/mol. The third kappa shape index (κ3) is 4.72. The summed E-state index contributed by atoms with van der Waals surface area (Å²) in [5.74, 6) is 0.0298. The molecule has 1 aromatic carbocycles. The highest BCUT2D eigenvalue weighted by Gasteiger charge is 2.35. The van der Waals surface area contributed by atoms with Crippen molar-refractivity contribution >= 4 is 37.3 Å². The van der Waals surface area contributed by atoms with Crippen molar-refractivity contribution in [2.45, 2.75) is 32.9 Å². The molecule has 1 fully saturated rings. The van der Waals surface area contributed by atoms with Crippen molar-refractivity contribution in [2.24, 2.45) is 5.92 Å². The summed E-state index contributed by atoms with van der Waals surface area (Å²) in [4.78, 5) is 33.1. The molecule has 0 saturated carbocycles. The summed E-state index contributed by atoms with van der Waals surface area (Å²) in [7, 11) is -3.12. The Morgan fingerprint density at radius 1 is 1.29 bits per heavy atom. The normalized spacial score (nSPS) is 18.0. The van der Waals surface area contributed by atoms with Crippen molar-refractivity contribution in [3.05, 3.63) is 53.1 Å². The van der Waals surface area contributed by atoms with Crippen LogP contribution in [0.1, 0.15) is 20.3 Å². The number of thiophene rings is 1. The maximum absolute atomic E-state index is 13.1. The zero-order valence-corrected chi connectivity index (χ0v) is 19.2. The van der Waals surface area contributed by atoms with Crippen LogP contribution in [0.5, 0.6) is 0 Å². The Morgan fingerprint density at radius 3 is 2.68 bits per heavy atom. The SMILES string of the molecule is CC(C)CN(C(=O)Cn1cnc2cc(-c3ccccc3)sc2c1=O)C1CCS(=O)(=O)C1. The smallest absolute Gasteiger partial charge is 0.271 e. The molecule has 1 amide bonds. The van der Waals surface area contributed by atoms with E-state index >= 15 is 0 Å². The van der Waals surface area contributed by atoms with E-state index in [9.17, 15) is 18.0 Å². The minimum Gasteiger partial charge on any atom is -0.337 e. The van der Waals surface area contributed by atoms with Crippen molar-refractivity contribution in [2.75, 3.05) is 18.1 Å². The molecule has 0 radical (unpaired) electrons. The lowest BCUT2D eigenvalue weighted by molar-refractivity contribution is -0.134. The van der Waals surface area contributed by atoms with Gasteiger partial charge in [0.1, 0.15) is 11.2 Å². The molecule has 0 aliphatic carbocycles. The zero-order valence-electron chi connectivity index (χ0n) is 17.5. The summed E-state index contributed by atoms with van der Waals surface area (Å²) in [6.07, 6.45) is 1.85. The molecule has 1 saturated heterocycles. The van der Waals surface area contributed by atoms with Gasteiger partial charge < -0.3 is 4.90 Å². The predicted molar refractivity (Wildman–Crippen MR) is 123 cm³/mol. The van der Waals surface area contributed by atoms with Crippen LogP contribution < -0.4 is 5.56 Å². The number of amides is 1. The Labute approximate surface area is 185 Å². The molecule has 4 rings (SSSR count). The second kappa shape index (κ2) is 8.55. The van der Waals surface area contributed by atoms with Crippen LogP contribution in [0.4, 0.5) is 0 Å². The maximum Gasteiger partial charge on any atom is 0.271 e. The minimum atomic E-state index is -3.12. The quantitative estimate of drug-likeness (QED) is 0.566. The first-order valence-corrected chi connectivity index (χ1v) is 12.9. The van der Waals surface area contributed by atoms with Crippen molar-refractivity contribution in [3.63, 3.8) is 0 Å². The van der Waals surface area contributed by atoms with Crippen LogP contribution in [-0.2, 0) is 21.2 Å². The minimum absolute atomic E-state index is 0.0109. The summed E-state index contributed by atoms with van der Waals surface area (Å²) in [6.45, 7) is 4.28. The van der Waals surface area contributed by atoms with Crippen molar-refractivity contribution in [1.29, 1.82) is 0 Å². The van der Waals surface area contributed by atoms with Gasteiger partial charge in [0.15, 0.2) is 9.84 Å². The van der Waals surface area contributed by atoms with Crippen LogP contribution in [0.25, 0.3) is 20.7 Å². The van der Waals surface area contributed by atoms with Gasteiger partial charge in [-0.15, -0.1) is 11.3 Å². The lowest BCUT2D eigenvalue weighted by atomic mass is 10.1. The number of rotatable bonds is 6. The van der Waals surface area contributed by atoms with Crippen LogP contribution in [0.3, 0.4) is 0 Å². The second-order valence-corrected chi connectivity index (χ2v) is 11.6. The van der Waals surface area contributed by atoms with E-state index in [1.165, 1.54) is 22.2 Å². The summed E-state index contributed by atoms with van der Waals surface area (Å²) < 4.78 is 25.7. The monoisotopic (exact) mass is 459 g/mol. The van der Waals surface area contributed by atoms with Gasteiger partial charge in [-0.3, -0.25) is 14.2 Å². The predicted octanol–water partition coefficient (Wildman–Crippen LogP) is 2.80. The van der Waals surface area contributed by atoms with Crippen LogP contribution in [0.15, 0.2) is 47.5 Å². The third-order valence-corrected chi connectivity index (χ3v) is 8.31. The first kappa shape index (κ1) is 21.7. The van der Waals surface area contributed by atoms with Crippen molar-refractivity contribution in [1.82, 2.24) is 14.5 Å². The summed E-state index contributed by atoms with van der Waals surface area (Å²) in [5, 5.41) is 0. The van der Waals surface area contributed by atoms with Gasteiger partial charge in [0, 0.05) is 17.5 Å². The van der Waals surface area contributed by atoms with E-state index < -0.39 is 9.84 Å². The van der Waals surface area contributed by atoms with E-state index in [1.807, 2.05) is 50.2 Å². The fraction of sp³-hybridized carbons (Fsp3) is 0.409. The Bertz CT molecular complexity index is 1260. The van der Waals surface area contributed by atoms with Gasteiger partial charge in [-0.25, -0.2) is 13.4 Å². The fourth-order valence-electron chi connectivity index (χ4n) is 3.91. The van der Waals surface area contributed by atoms with Crippen LogP contribution in [-0.4, -0.2) is 52.9 Å². The van der Waals surface area contributed by atoms with Gasteiger partial charge in [-0.2, -0.15) is 0 Å². The van der Waals surface area contributed by atoms with Crippen molar-refractivity contribution < 1.29 is 13.2 Å². The lowest BCUT2D eigenvalue weighted by Crippen LogP contribution is -2.45. The first-order chi connectivity index (χ1) is 14.7. The average molecular weight is 460 g/mol. The highest BCUT2D eigenvalue weighted by atomic mass is 32.2. The molecule has 2 aromatic heterocycles. The molecule has 1 aliphatic heterocycles. The standard InChI is InChI=1S/C22H25N3O4S2/c1-15(2)11-25(17-8-9-31(28,29)13-17)20(26)12-24-14-23-18-10-19(30-21(18)22(24)27)16-6-4-3-5-7-16/h3-7,10,14-15,17H,8-9,11-13H2,1-2H3. The highest BCUT2D eigenvalue weighted by molar-refractivity contribution is 7.91. The van der Waals surface area contributed by atoms with E-state index in [1.54, 1.807) is 4.90 Å². The molecule has 9 heteroatoms. The molecule has 0 bridgehead atoms. The fourth-order valence-corrected chi connectivity index (χ4v) is 6.70.